The van der Waals surface area contributed by atoms with Gasteiger partial charge in [0, 0.05) is 18.0 Å². The molecule has 1 aliphatic rings. The summed E-state index contributed by atoms with van der Waals surface area (Å²) in [6.07, 6.45) is 2.93. The van der Waals surface area contributed by atoms with Crippen LogP contribution in [0.3, 0.4) is 0 Å². The highest BCUT2D eigenvalue weighted by atomic mass is 16.5. The molecule has 0 spiro atoms. The first-order valence-electron chi connectivity index (χ1n) is 4.00. The van der Waals surface area contributed by atoms with E-state index >= 15 is 0 Å². The summed E-state index contributed by atoms with van der Waals surface area (Å²) in [5.74, 6) is 1.33. The number of aromatic nitrogens is 1. The summed E-state index contributed by atoms with van der Waals surface area (Å²) in [5.41, 5.74) is 5.88. The zero-order valence-electron chi connectivity index (χ0n) is 7.04. The minimum Gasteiger partial charge on any atom is -0.479 e. The Morgan fingerprint density at radius 2 is 2.50 bits per heavy atom. The number of nitrogens with two attached hydrogens (primary N) is 1. The van der Waals surface area contributed by atoms with E-state index in [-0.39, 0.29) is 5.54 Å². The SMILES string of the molecule is COc1cc(CC2(N)CC2)on1. The van der Waals surface area contributed by atoms with Crippen LogP contribution in [0, 0.1) is 0 Å². The van der Waals surface area contributed by atoms with Gasteiger partial charge in [0.25, 0.3) is 5.88 Å². The van der Waals surface area contributed by atoms with Crippen LogP contribution in [-0.2, 0) is 6.42 Å². The van der Waals surface area contributed by atoms with Crippen molar-refractivity contribution in [3.05, 3.63) is 11.8 Å². The summed E-state index contributed by atoms with van der Waals surface area (Å²) in [5, 5.41) is 3.69. The molecule has 0 radical (unpaired) electrons. The van der Waals surface area contributed by atoms with Gasteiger partial charge in [-0.1, -0.05) is 0 Å². The third-order valence-electron chi connectivity index (χ3n) is 2.16. The van der Waals surface area contributed by atoms with Crippen molar-refractivity contribution < 1.29 is 9.26 Å². The van der Waals surface area contributed by atoms with E-state index in [2.05, 4.69) is 5.16 Å². The van der Waals surface area contributed by atoms with Gasteiger partial charge in [-0.05, 0) is 18.0 Å². The smallest absolute Gasteiger partial charge is 0.254 e. The molecule has 4 heteroatoms. The van der Waals surface area contributed by atoms with Crippen LogP contribution < -0.4 is 10.5 Å². The zero-order chi connectivity index (χ0) is 8.60. The second-order valence-corrected chi connectivity index (χ2v) is 3.37. The molecule has 0 unspecified atom stereocenters. The lowest BCUT2D eigenvalue weighted by Gasteiger charge is -2.02. The molecule has 0 amide bonds. The molecule has 4 nitrogen and oxygen atoms in total. The first-order chi connectivity index (χ1) is 5.72. The Labute approximate surface area is 70.7 Å². The zero-order valence-corrected chi connectivity index (χ0v) is 7.04. The van der Waals surface area contributed by atoms with Crippen LogP contribution in [0.5, 0.6) is 5.88 Å². The van der Waals surface area contributed by atoms with Gasteiger partial charge in [0.2, 0.25) is 0 Å². The average molecular weight is 168 g/mol. The van der Waals surface area contributed by atoms with Crippen LogP contribution in [-0.4, -0.2) is 17.8 Å². The Morgan fingerprint density at radius 3 is 3.00 bits per heavy atom. The summed E-state index contributed by atoms with van der Waals surface area (Å²) in [4.78, 5) is 0. The van der Waals surface area contributed by atoms with Crippen molar-refractivity contribution in [3.8, 4) is 5.88 Å². The standard InChI is InChI=1S/C8H12N2O2/c1-11-7-4-6(12-10-7)5-8(9)2-3-8/h4H,2-3,5,9H2,1H3. The van der Waals surface area contributed by atoms with Crippen molar-refractivity contribution >= 4 is 0 Å². The molecule has 1 saturated carbocycles. The molecular formula is C8H12N2O2. The molecule has 0 saturated heterocycles. The monoisotopic (exact) mass is 168 g/mol. The third kappa shape index (κ3) is 1.43. The van der Waals surface area contributed by atoms with Gasteiger partial charge in [0.15, 0.2) is 0 Å². The number of methoxy groups -OCH3 is 1. The Bertz CT molecular complexity index is 278. The summed E-state index contributed by atoms with van der Waals surface area (Å²) in [6, 6.07) is 1.78. The molecule has 1 aromatic heterocycles. The Balaban J connectivity index is 2.03. The Hall–Kier alpha value is -1.03. The van der Waals surface area contributed by atoms with Crippen LogP contribution in [0.2, 0.25) is 0 Å². The topological polar surface area (TPSA) is 61.3 Å². The van der Waals surface area contributed by atoms with E-state index in [1.165, 1.54) is 0 Å². The highest BCUT2D eigenvalue weighted by molar-refractivity contribution is 5.16. The molecule has 1 fully saturated rings. The summed E-state index contributed by atoms with van der Waals surface area (Å²) in [6.45, 7) is 0. The molecule has 0 aromatic carbocycles. The van der Waals surface area contributed by atoms with Crippen molar-refractivity contribution in [1.82, 2.24) is 5.16 Å². The maximum absolute atomic E-state index is 5.90. The summed E-state index contributed by atoms with van der Waals surface area (Å²) >= 11 is 0. The maximum atomic E-state index is 5.90. The Kier molecular flexibility index (Phi) is 1.58. The first kappa shape index (κ1) is 7.61. The van der Waals surface area contributed by atoms with Crippen LogP contribution in [0.1, 0.15) is 18.6 Å². The molecule has 1 aromatic rings. The number of nitrogens with zero attached hydrogens (tertiary/aromatic N) is 1. The fourth-order valence-electron chi connectivity index (χ4n) is 1.16. The quantitative estimate of drug-likeness (QED) is 0.722. The van der Waals surface area contributed by atoms with Gasteiger partial charge in [-0.25, -0.2) is 0 Å². The average Bonchev–Trinajstić information content (AvgIpc) is 2.63. The van der Waals surface area contributed by atoms with E-state index in [0.717, 1.165) is 25.0 Å². The fourth-order valence-corrected chi connectivity index (χ4v) is 1.16. The highest BCUT2D eigenvalue weighted by Gasteiger charge is 2.39. The molecule has 0 atom stereocenters. The summed E-state index contributed by atoms with van der Waals surface area (Å²) < 4.78 is 9.90. The minimum atomic E-state index is -0.0233. The van der Waals surface area contributed by atoms with Crippen molar-refractivity contribution in [2.24, 2.45) is 5.73 Å². The largest absolute Gasteiger partial charge is 0.479 e. The first-order valence-corrected chi connectivity index (χ1v) is 4.00. The Morgan fingerprint density at radius 1 is 1.75 bits per heavy atom. The third-order valence-corrected chi connectivity index (χ3v) is 2.16. The highest BCUT2D eigenvalue weighted by Crippen LogP contribution is 2.35. The fraction of sp³-hybridized carbons (Fsp3) is 0.625. The minimum absolute atomic E-state index is 0.0233. The van der Waals surface area contributed by atoms with E-state index in [4.69, 9.17) is 15.0 Å². The number of rotatable bonds is 3. The van der Waals surface area contributed by atoms with E-state index < -0.39 is 0 Å². The number of hydrogen-bond donors (Lipinski definition) is 1. The number of hydrogen-bond acceptors (Lipinski definition) is 4. The lowest BCUT2D eigenvalue weighted by Crippen LogP contribution is -2.24. The van der Waals surface area contributed by atoms with Gasteiger partial charge in [-0.2, -0.15) is 0 Å². The molecular weight excluding hydrogens is 156 g/mol. The van der Waals surface area contributed by atoms with Crippen molar-refractivity contribution in [3.63, 3.8) is 0 Å². The van der Waals surface area contributed by atoms with Crippen molar-refractivity contribution in [2.75, 3.05) is 7.11 Å². The predicted molar refractivity (Wildman–Crippen MR) is 42.9 cm³/mol. The molecule has 2 rings (SSSR count). The van der Waals surface area contributed by atoms with Crippen LogP contribution in [0.25, 0.3) is 0 Å². The normalized spacial score (nSPS) is 19.2. The number of ether oxygens (including phenoxy) is 1. The van der Waals surface area contributed by atoms with Gasteiger partial charge < -0.3 is 15.0 Å². The lowest BCUT2D eigenvalue weighted by molar-refractivity contribution is 0.322. The molecule has 12 heavy (non-hydrogen) atoms. The van der Waals surface area contributed by atoms with Crippen molar-refractivity contribution in [1.29, 1.82) is 0 Å². The van der Waals surface area contributed by atoms with Crippen LogP contribution in [0.15, 0.2) is 10.6 Å². The van der Waals surface area contributed by atoms with Crippen LogP contribution >= 0.6 is 0 Å². The molecule has 0 bridgehead atoms. The molecule has 1 heterocycles. The van der Waals surface area contributed by atoms with Gasteiger partial charge >= 0.3 is 0 Å². The van der Waals surface area contributed by atoms with Crippen molar-refractivity contribution in [2.45, 2.75) is 24.8 Å². The van der Waals surface area contributed by atoms with Gasteiger partial charge in [-0.3, -0.25) is 0 Å². The molecule has 66 valence electrons. The van der Waals surface area contributed by atoms with Crippen LogP contribution in [0.4, 0.5) is 0 Å². The maximum Gasteiger partial charge on any atom is 0.254 e. The van der Waals surface area contributed by atoms with E-state index in [0.29, 0.717) is 5.88 Å². The van der Waals surface area contributed by atoms with E-state index in [1.807, 2.05) is 0 Å². The second kappa shape index (κ2) is 2.48. The van der Waals surface area contributed by atoms with Gasteiger partial charge in [0.05, 0.1) is 7.11 Å². The van der Waals surface area contributed by atoms with Gasteiger partial charge in [-0.15, -0.1) is 0 Å². The van der Waals surface area contributed by atoms with E-state index in [1.54, 1.807) is 13.2 Å². The lowest BCUT2D eigenvalue weighted by atomic mass is 10.1. The molecule has 0 aliphatic heterocycles. The molecule has 1 aliphatic carbocycles. The van der Waals surface area contributed by atoms with E-state index in [9.17, 15) is 0 Å². The predicted octanol–water partition coefficient (Wildman–Crippen LogP) is 0.717. The second-order valence-electron chi connectivity index (χ2n) is 3.37. The molecule has 2 N–H and O–H groups in total. The summed E-state index contributed by atoms with van der Waals surface area (Å²) in [7, 11) is 1.57. The van der Waals surface area contributed by atoms with Gasteiger partial charge in [0.1, 0.15) is 5.76 Å².